The van der Waals surface area contributed by atoms with Gasteiger partial charge in [0.05, 0.1) is 0 Å². The van der Waals surface area contributed by atoms with Gasteiger partial charge in [0.25, 0.3) is 0 Å². The van der Waals surface area contributed by atoms with Crippen LogP contribution in [-0.4, -0.2) is 5.28 Å². The van der Waals surface area contributed by atoms with E-state index < -0.39 is 12.9 Å². The lowest BCUT2D eigenvalue weighted by Gasteiger charge is -2.33. The summed E-state index contributed by atoms with van der Waals surface area (Å²) in [6.07, 6.45) is 1.90. The van der Waals surface area contributed by atoms with Gasteiger partial charge in [0.15, 0.2) is 0 Å². The molecule has 0 heterocycles. The Bertz CT molecular complexity index is 623. The molecule has 116 valence electrons. The Morgan fingerprint density at radius 2 is 1.36 bits per heavy atom. The fraction of sp³-hybridized carbons (Fsp3) is 0.294. The largest absolute Gasteiger partial charge is 0.450 e. The minimum Gasteiger partial charge on any atom is -0.415 e. The highest BCUT2D eigenvalue weighted by molar-refractivity contribution is 7.56. The molecular weight excluding hydrogens is 297 g/mol. The second-order valence-corrected chi connectivity index (χ2v) is 8.13. The van der Waals surface area contributed by atoms with E-state index in [9.17, 15) is 4.57 Å². The molecule has 1 fully saturated rings. The summed E-state index contributed by atoms with van der Waals surface area (Å²) in [7, 11) is -3.58. The van der Waals surface area contributed by atoms with Crippen LogP contribution in [0.3, 0.4) is 0 Å². The molecule has 1 aliphatic carbocycles. The Balaban J connectivity index is 1.93. The maximum absolute atomic E-state index is 13.5. The van der Waals surface area contributed by atoms with E-state index in [2.05, 4.69) is 0 Å². The fourth-order valence-electron chi connectivity index (χ4n) is 2.35. The molecule has 0 bridgehead atoms. The van der Waals surface area contributed by atoms with Gasteiger partial charge < -0.3 is 14.8 Å². The Morgan fingerprint density at radius 3 is 1.73 bits per heavy atom. The molecule has 1 atom stereocenters. The summed E-state index contributed by atoms with van der Waals surface area (Å²) < 4.78 is 25.0. The van der Waals surface area contributed by atoms with Gasteiger partial charge in [0, 0.05) is 0 Å². The van der Waals surface area contributed by atoms with Crippen molar-refractivity contribution in [3.05, 3.63) is 60.7 Å². The first-order chi connectivity index (χ1) is 10.5. The van der Waals surface area contributed by atoms with E-state index in [-0.39, 0.29) is 5.92 Å². The average Bonchev–Trinajstić information content (AvgIpc) is 3.34. The van der Waals surface area contributed by atoms with Crippen molar-refractivity contribution in [2.75, 3.05) is 0 Å². The van der Waals surface area contributed by atoms with Crippen LogP contribution in [0, 0.1) is 5.92 Å². The molecule has 0 spiro atoms. The van der Waals surface area contributed by atoms with Crippen LogP contribution < -0.4 is 14.8 Å². The molecule has 2 aromatic carbocycles. The average molecular weight is 317 g/mol. The van der Waals surface area contributed by atoms with E-state index in [4.69, 9.17) is 14.8 Å². The van der Waals surface area contributed by atoms with Crippen LogP contribution in [0.4, 0.5) is 0 Å². The van der Waals surface area contributed by atoms with Crippen LogP contribution >= 0.6 is 7.60 Å². The third-order valence-corrected chi connectivity index (χ3v) is 6.38. The normalized spacial score (nSPS) is 17.5. The van der Waals surface area contributed by atoms with Crippen molar-refractivity contribution in [2.45, 2.75) is 25.0 Å². The van der Waals surface area contributed by atoms with Crippen molar-refractivity contribution in [1.82, 2.24) is 0 Å². The van der Waals surface area contributed by atoms with Gasteiger partial charge in [-0.1, -0.05) is 36.4 Å². The van der Waals surface area contributed by atoms with Gasteiger partial charge in [-0.3, -0.25) is 0 Å². The first-order valence-corrected chi connectivity index (χ1v) is 8.94. The number of hydrogen-bond donors (Lipinski definition) is 1. The highest BCUT2D eigenvalue weighted by Gasteiger charge is 2.56. The molecule has 2 N–H and O–H groups in total. The Labute approximate surface area is 130 Å². The highest BCUT2D eigenvalue weighted by Crippen LogP contribution is 2.63. The molecule has 0 saturated heterocycles. The molecule has 1 saturated carbocycles. The summed E-state index contributed by atoms with van der Waals surface area (Å²) in [6, 6.07) is 18.1. The zero-order valence-corrected chi connectivity index (χ0v) is 13.4. The molecule has 1 aliphatic rings. The zero-order chi connectivity index (χ0) is 15.6. The Kier molecular flexibility index (Phi) is 3.98. The van der Waals surface area contributed by atoms with E-state index in [1.54, 1.807) is 31.2 Å². The smallest absolute Gasteiger partial charge is 0.415 e. The van der Waals surface area contributed by atoms with Crippen molar-refractivity contribution in [3.63, 3.8) is 0 Å². The summed E-state index contributed by atoms with van der Waals surface area (Å²) in [5.41, 5.74) is 6.38. The predicted molar refractivity (Wildman–Crippen MR) is 87.1 cm³/mol. The molecule has 22 heavy (non-hydrogen) atoms. The van der Waals surface area contributed by atoms with Gasteiger partial charge in [-0.2, -0.15) is 0 Å². The van der Waals surface area contributed by atoms with E-state index in [0.717, 1.165) is 12.8 Å². The number of rotatable bonds is 6. The van der Waals surface area contributed by atoms with Crippen molar-refractivity contribution in [2.24, 2.45) is 11.7 Å². The maximum Gasteiger partial charge on any atom is 0.450 e. The standard InChI is InChI=1S/C17H20NO3P/c1-17(18,14-12-13-14)22(19,20-15-8-4-2-5-9-15)21-16-10-6-3-7-11-16/h2-11,14H,12-13,18H2,1H3. The van der Waals surface area contributed by atoms with Gasteiger partial charge >= 0.3 is 7.60 Å². The van der Waals surface area contributed by atoms with Gasteiger partial charge in [0.2, 0.25) is 0 Å². The number of benzene rings is 2. The summed E-state index contributed by atoms with van der Waals surface area (Å²) in [6.45, 7) is 1.76. The van der Waals surface area contributed by atoms with E-state index in [1.165, 1.54) is 0 Å². The molecule has 0 aromatic heterocycles. The SMILES string of the molecule is CC(N)(C1CC1)P(=O)(Oc1ccccc1)Oc1ccccc1. The third kappa shape index (κ3) is 3.03. The first-order valence-electron chi connectivity index (χ1n) is 7.39. The molecule has 4 nitrogen and oxygen atoms in total. The van der Waals surface area contributed by atoms with Crippen LogP contribution in [0.1, 0.15) is 19.8 Å². The second-order valence-electron chi connectivity index (χ2n) is 5.81. The fourth-order valence-corrected chi connectivity index (χ4v) is 4.28. The third-order valence-electron chi connectivity index (χ3n) is 3.93. The first kappa shape index (κ1) is 15.1. The second kappa shape index (κ2) is 5.79. The monoisotopic (exact) mass is 317 g/mol. The van der Waals surface area contributed by atoms with Crippen LogP contribution in [0.2, 0.25) is 0 Å². The van der Waals surface area contributed by atoms with Crippen molar-refractivity contribution >= 4 is 7.60 Å². The van der Waals surface area contributed by atoms with Gasteiger partial charge in [-0.15, -0.1) is 0 Å². The topological polar surface area (TPSA) is 61.6 Å². The minimum atomic E-state index is -3.58. The molecule has 0 amide bonds. The van der Waals surface area contributed by atoms with Gasteiger partial charge in [-0.25, -0.2) is 4.57 Å². The molecule has 0 radical (unpaired) electrons. The molecule has 5 heteroatoms. The Morgan fingerprint density at radius 1 is 0.955 bits per heavy atom. The Hall–Kier alpha value is -1.77. The molecule has 1 unspecified atom stereocenters. The molecule has 0 aliphatic heterocycles. The van der Waals surface area contributed by atoms with Crippen molar-refractivity contribution in [1.29, 1.82) is 0 Å². The van der Waals surface area contributed by atoms with Crippen molar-refractivity contribution < 1.29 is 13.6 Å². The van der Waals surface area contributed by atoms with E-state index >= 15 is 0 Å². The van der Waals surface area contributed by atoms with E-state index in [1.807, 2.05) is 36.4 Å². The van der Waals surface area contributed by atoms with Gasteiger partial charge in [0.1, 0.15) is 16.8 Å². The molecule has 2 aromatic rings. The van der Waals surface area contributed by atoms with E-state index in [0.29, 0.717) is 11.5 Å². The number of hydrogen-bond acceptors (Lipinski definition) is 4. The summed E-state index contributed by atoms with van der Waals surface area (Å²) in [5, 5.41) is -1.02. The lowest BCUT2D eigenvalue weighted by Crippen LogP contribution is -2.41. The lowest BCUT2D eigenvalue weighted by molar-refractivity contribution is 0.333. The highest BCUT2D eigenvalue weighted by atomic mass is 31.2. The predicted octanol–water partition coefficient (Wildman–Crippen LogP) is 4.42. The van der Waals surface area contributed by atoms with Crippen LogP contribution in [0.25, 0.3) is 0 Å². The maximum atomic E-state index is 13.5. The summed E-state index contributed by atoms with van der Waals surface area (Å²) >= 11 is 0. The number of para-hydroxylation sites is 2. The zero-order valence-electron chi connectivity index (χ0n) is 12.5. The molecular formula is C17H20NO3P. The van der Waals surface area contributed by atoms with Crippen LogP contribution in [0.15, 0.2) is 60.7 Å². The number of nitrogens with two attached hydrogens (primary N) is 1. The minimum absolute atomic E-state index is 0.158. The quantitative estimate of drug-likeness (QED) is 0.801. The summed E-state index contributed by atoms with van der Waals surface area (Å²) in [5.74, 6) is 1.16. The van der Waals surface area contributed by atoms with Crippen molar-refractivity contribution in [3.8, 4) is 11.5 Å². The lowest BCUT2D eigenvalue weighted by atomic mass is 10.2. The summed E-state index contributed by atoms with van der Waals surface area (Å²) in [4.78, 5) is 0. The molecule has 3 rings (SSSR count). The van der Waals surface area contributed by atoms with Gasteiger partial charge in [-0.05, 0) is 49.9 Å². The van der Waals surface area contributed by atoms with Crippen LogP contribution in [-0.2, 0) is 4.57 Å². The van der Waals surface area contributed by atoms with Crippen LogP contribution in [0.5, 0.6) is 11.5 Å².